The molecule has 0 spiro atoms. The van der Waals surface area contributed by atoms with E-state index in [0.717, 1.165) is 12.2 Å². The van der Waals surface area contributed by atoms with Crippen molar-refractivity contribution in [1.82, 2.24) is 15.2 Å². The van der Waals surface area contributed by atoms with Crippen molar-refractivity contribution in [2.75, 3.05) is 32.6 Å². The molecule has 2 aromatic rings. The molecule has 0 aliphatic rings. The molecular formula is C16H21FN4O2S. The first-order chi connectivity index (χ1) is 11.6. The molecule has 0 saturated heterocycles. The van der Waals surface area contributed by atoms with Crippen molar-refractivity contribution in [3.05, 3.63) is 46.7 Å². The molecule has 1 heterocycles. The Morgan fingerprint density at radius 3 is 3.04 bits per heavy atom. The summed E-state index contributed by atoms with van der Waals surface area (Å²) >= 11 is 1.37. The maximum absolute atomic E-state index is 13.1. The van der Waals surface area contributed by atoms with Gasteiger partial charge in [0.05, 0.1) is 12.3 Å². The van der Waals surface area contributed by atoms with Gasteiger partial charge in [0.15, 0.2) is 5.13 Å². The van der Waals surface area contributed by atoms with Gasteiger partial charge in [0, 0.05) is 32.1 Å². The number of nitrogens with zero attached hydrogens (tertiary/aromatic N) is 2. The monoisotopic (exact) mass is 352 g/mol. The lowest BCUT2D eigenvalue weighted by molar-refractivity contribution is 0.158. The van der Waals surface area contributed by atoms with Crippen molar-refractivity contribution in [1.29, 1.82) is 0 Å². The van der Waals surface area contributed by atoms with Gasteiger partial charge >= 0.3 is 6.03 Å². The fourth-order valence-electron chi connectivity index (χ4n) is 2.01. The van der Waals surface area contributed by atoms with Gasteiger partial charge in [-0.05, 0) is 24.7 Å². The summed E-state index contributed by atoms with van der Waals surface area (Å²) in [5, 5.41) is 7.80. The number of anilines is 1. The molecule has 130 valence electrons. The summed E-state index contributed by atoms with van der Waals surface area (Å²) in [6, 6.07) is 5.74. The van der Waals surface area contributed by atoms with Gasteiger partial charge in [0.2, 0.25) is 0 Å². The molecule has 0 unspecified atom stereocenters. The smallest absolute Gasteiger partial charge is 0.321 e. The molecule has 1 aromatic carbocycles. The fourth-order valence-corrected chi connectivity index (χ4v) is 2.71. The maximum atomic E-state index is 13.1. The third-order valence-corrected chi connectivity index (χ3v) is 4.03. The van der Waals surface area contributed by atoms with Crippen molar-refractivity contribution in [2.45, 2.75) is 13.1 Å². The number of urea groups is 1. The summed E-state index contributed by atoms with van der Waals surface area (Å²) < 4.78 is 18.1. The number of thiazole rings is 1. The Morgan fingerprint density at radius 2 is 2.29 bits per heavy atom. The van der Waals surface area contributed by atoms with Gasteiger partial charge in [-0.1, -0.05) is 12.1 Å². The number of amides is 2. The molecular weight excluding hydrogens is 331 g/mol. The Hall–Kier alpha value is -2.03. The van der Waals surface area contributed by atoms with Crippen LogP contribution in [0.25, 0.3) is 0 Å². The van der Waals surface area contributed by atoms with Crippen LogP contribution in [-0.4, -0.2) is 43.2 Å². The molecule has 0 aliphatic carbocycles. The predicted octanol–water partition coefficient (Wildman–Crippen LogP) is 2.68. The third-order valence-electron chi connectivity index (χ3n) is 3.22. The number of hydrogen-bond donors (Lipinski definition) is 2. The van der Waals surface area contributed by atoms with E-state index in [2.05, 4.69) is 20.5 Å². The highest BCUT2D eigenvalue weighted by Crippen LogP contribution is 2.16. The lowest BCUT2D eigenvalue weighted by Crippen LogP contribution is -2.28. The van der Waals surface area contributed by atoms with Crippen molar-refractivity contribution >= 4 is 22.5 Å². The van der Waals surface area contributed by atoms with E-state index in [1.807, 2.05) is 12.4 Å². The number of carbonyl (C=O) groups excluding carboxylic acids is 1. The van der Waals surface area contributed by atoms with Crippen LogP contribution in [0.1, 0.15) is 11.3 Å². The quantitative estimate of drug-likeness (QED) is 0.767. The van der Waals surface area contributed by atoms with E-state index in [4.69, 9.17) is 4.74 Å². The van der Waals surface area contributed by atoms with Crippen molar-refractivity contribution < 1.29 is 13.9 Å². The first-order valence-electron chi connectivity index (χ1n) is 7.48. The SMILES string of the molecule is COCCN(C)Cc1csc(NC(=O)NCc2cccc(F)c2)n1. The fraction of sp³-hybridized carbons (Fsp3) is 0.375. The molecule has 2 N–H and O–H groups in total. The summed E-state index contributed by atoms with van der Waals surface area (Å²) in [5.41, 5.74) is 1.59. The minimum atomic E-state index is -0.368. The van der Waals surface area contributed by atoms with E-state index < -0.39 is 0 Å². The molecule has 8 heteroatoms. The summed E-state index contributed by atoms with van der Waals surface area (Å²) in [7, 11) is 3.65. The van der Waals surface area contributed by atoms with Crippen LogP contribution >= 0.6 is 11.3 Å². The van der Waals surface area contributed by atoms with Crippen molar-refractivity contribution in [3.8, 4) is 0 Å². The number of aromatic nitrogens is 1. The van der Waals surface area contributed by atoms with E-state index in [1.54, 1.807) is 19.2 Å². The number of ether oxygens (including phenoxy) is 1. The molecule has 0 radical (unpaired) electrons. The highest BCUT2D eigenvalue weighted by molar-refractivity contribution is 7.13. The second kappa shape index (κ2) is 9.31. The number of rotatable bonds is 8. The first-order valence-corrected chi connectivity index (χ1v) is 8.36. The number of methoxy groups -OCH3 is 1. The average molecular weight is 352 g/mol. The summed E-state index contributed by atoms with van der Waals surface area (Å²) in [4.78, 5) is 18.3. The molecule has 1 aromatic heterocycles. The third kappa shape index (κ3) is 6.23. The van der Waals surface area contributed by atoms with E-state index in [-0.39, 0.29) is 18.4 Å². The Labute approximate surface area is 144 Å². The molecule has 0 fully saturated rings. The van der Waals surface area contributed by atoms with Gasteiger partial charge in [-0.25, -0.2) is 14.2 Å². The van der Waals surface area contributed by atoms with Crippen LogP contribution in [0.15, 0.2) is 29.6 Å². The Bertz CT molecular complexity index is 665. The minimum absolute atomic E-state index is 0.252. The topological polar surface area (TPSA) is 66.5 Å². The molecule has 2 rings (SSSR count). The number of nitrogens with one attached hydrogen (secondary N) is 2. The van der Waals surface area contributed by atoms with Gasteiger partial charge in [-0.3, -0.25) is 10.2 Å². The van der Waals surface area contributed by atoms with Crippen LogP contribution in [-0.2, 0) is 17.8 Å². The Morgan fingerprint density at radius 1 is 1.46 bits per heavy atom. The predicted molar refractivity (Wildman–Crippen MR) is 92.6 cm³/mol. The average Bonchev–Trinajstić information content (AvgIpc) is 2.98. The Kier molecular flexibility index (Phi) is 7.10. The summed E-state index contributed by atoms with van der Waals surface area (Å²) in [5.74, 6) is -0.322. The van der Waals surface area contributed by atoms with Crippen LogP contribution in [0.2, 0.25) is 0 Å². The molecule has 0 bridgehead atoms. The zero-order valence-corrected chi connectivity index (χ0v) is 14.5. The maximum Gasteiger partial charge on any atom is 0.321 e. The van der Waals surface area contributed by atoms with Crippen LogP contribution in [0.5, 0.6) is 0 Å². The summed E-state index contributed by atoms with van der Waals surface area (Å²) in [6.07, 6.45) is 0. The lowest BCUT2D eigenvalue weighted by atomic mass is 10.2. The second-order valence-electron chi connectivity index (χ2n) is 5.31. The first kappa shape index (κ1) is 18.3. The molecule has 0 saturated carbocycles. The highest BCUT2D eigenvalue weighted by Gasteiger charge is 2.08. The number of likely N-dealkylation sites (N-methyl/N-ethyl adjacent to an activating group) is 1. The van der Waals surface area contributed by atoms with Crippen LogP contribution in [0.4, 0.5) is 14.3 Å². The Balaban J connectivity index is 1.78. The van der Waals surface area contributed by atoms with Crippen molar-refractivity contribution in [2.24, 2.45) is 0 Å². The lowest BCUT2D eigenvalue weighted by Gasteiger charge is -2.13. The van der Waals surface area contributed by atoms with E-state index >= 15 is 0 Å². The van der Waals surface area contributed by atoms with Gasteiger partial charge in [0.1, 0.15) is 5.82 Å². The largest absolute Gasteiger partial charge is 0.383 e. The van der Waals surface area contributed by atoms with Crippen molar-refractivity contribution in [3.63, 3.8) is 0 Å². The molecule has 2 amide bonds. The van der Waals surface area contributed by atoms with Gasteiger partial charge in [-0.15, -0.1) is 11.3 Å². The number of benzene rings is 1. The normalized spacial score (nSPS) is 10.8. The molecule has 0 aliphatic heterocycles. The van der Waals surface area contributed by atoms with Gasteiger partial charge < -0.3 is 10.1 Å². The molecule has 0 atom stereocenters. The van der Waals surface area contributed by atoms with E-state index in [0.29, 0.717) is 23.8 Å². The standard InChI is InChI=1S/C16H21FN4O2S/c1-21(6-7-23-2)10-14-11-24-16(19-14)20-15(22)18-9-12-4-3-5-13(17)8-12/h3-5,8,11H,6-7,9-10H2,1-2H3,(H2,18,19,20,22). The second-order valence-corrected chi connectivity index (χ2v) is 6.17. The molecule has 24 heavy (non-hydrogen) atoms. The van der Waals surface area contributed by atoms with E-state index in [1.165, 1.54) is 23.5 Å². The number of hydrogen-bond acceptors (Lipinski definition) is 5. The number of carbonyl (C=O) groups is 1. The van der Waals surface area contributed by atoms with Gasteiger partial charge in [-0.2, -0.15) is 0 Å². The highest BCUT2D eigenvalue weighted by atomic mass is 32.1. The zero-order valence-electron chi connectivity index (χ0n) is 13.7. The zero-order chi connectivity index (χ0) is 17.4. The molecule has 6 nitrogen and oxygen atoms in total. The van der Waals surface area contributed by atoms with Crippen LogP contribution in [0, 0.1) is 5.82 Å². The van der Waals surface area contributed by atoms with Crippen LogP contribution in [0.3, 0.4) is 0 Å². The summed E-state index contributed by atoms with van der Waals surface area (Å²) in [6.45, 7) is 2.41. The van der Waals surface area contributed by atoms with E-state index in [9.17, 15) is 9.18 Å². The van der Waals surface area contributed by atoms with Gasteiger partial charge in [0.25, 0.3) is 0 Å². The van der Waals surface area contributed by atoms with Crippen LogP contribution < -0.4 is 10.6 Å². The number of halogens is 1. The minimum Gasteiger partial charge on any atom is -0.383 e.